The topological polar surface area (TPSA) is 70.7 Å². The molecule has 0 aromatic heterocycles. The van der Waals surface area contributed by atoms with E-state index in [1.165, 1.54) is 5.01 Å². The van der Waals surface area contributed by atoms with Crippen molar-refractivity contribution in [1.29, 1.82) is 0 Å². The summed E-state index contributed by atoms with van der Waals surface area (Å²) in [4.78, 5) is 12.2. The van der Waals surface area contributed by atoms with Gasteiger partial charge in [-0.2, -0.15) is 10.1 Å². The van der Waals surface area contributed by atoms with Crippen LogP contribution in [0, 0.1) is 0 Å². The van der Waals surface area contributed by atoms with Gasteiger partial charge in [0.05, 0.1) is 5.71 Å². The highest BCUT2D eigenvalue weighted by Crippen LogP contribution is 2.27. The number of fused-ring (bicyclic) bond motifs is 1. The third-order valence-electron chi connectivity index (χ3n) is 3.76. The Kier molecular flexibility index (Phi) is 4.40. The minimum atomic E-state index is -0.288. The van der Waals surface area contributed by atoms with Gasteiger partial charge in [0, 0.05) is 34.0 Å². The van der Waals surface area contributed by atoms with Crippen molar-refractivity contribution in [3.63, 3.8) is 0 Å². The highest BCUT2D eigenvalue weighted by molar-refractivity contribution is 9.10. The van der Waals surface area contributed by atoms with Crippen LogP contribution < -0.4 is 11.1 Å². The minimum Gasteiger partial charge on any atom is -0.399 e. The van der Waals surface area contributed by atoms with Gasteiger partial charge in [0.15, 0.2) is 0 Å². The van der Waals surface area contributed by atoms with Gasteiger partial charge in [-0.15, -0.1) is 0 Å². The molecule has 2 aromatic rings. The van der Waals surface area contributed by atoms with E-state index < -0.39 is 0 Å². The molecule has 3 rings (SSSR count). The summed E-state index contributed by atoms with van der Waals surface area (Å²) in [6.07, 6.45) is 1.95. The Labute approximate surface area is 149 Å². The Morgan fingerprint density at radius 2 is 1.92 bits per heavy atom. The number of amides is 2. The molecule has 0 radical (unpaired) electrons. The van der Waals surface area contributed by atoms with Gasteiger partial charge in [-0.25, -0.2) is 4.79 Å². The van der Waals surface area contributed by atoms with Gasteiger partial charge in [-0.3, -0.25) is 0 Å². The Morgan fingerprint density at radius 3 is 2.58 bits per heavy atom. The predicted molar refractivity (Wildman–Crippen MR) is 101 cm³/mol. The van der Waals surface area contributed by atoms with Crippen LogP contribution in [0.1, 0.15) is 23.6 Å². The predicted octanol–water partition coefficient (Wildman–Crippen LogP) is 3.80. The molecule has 5 nitrogen and oxygen atoms in total. The number of carbonyl (C=O) groups excluding carboxylic acids is 1. The van der Waals surface area contributed by atoms with Gasteiger partial charge < -0.3 is 11.1 Å². The Hall–Kier alpha value is -2.60. The average molecular weight is 385 g/mol. The molecule has 1 aliphatic rings. The molecular weight excluding hydrogens is 368 g/mol. The van der Waals surface area contributed by atoms with Crippen molar-refractivity contribution in [3.05, 3.63) is 69.3 Å². The molecule has 0 saturated heterocycles. The summed E-state index contributed by atoms with van der Waals surface area (Å²) in [6.45, 7) is 1.86. The van der Waals surface area contributed by atoms with Gasteiger partial charge in [0.25, 0.3) is 0 Å². The fourth-order valence-corrected chi connectivity index (χ4v) is 2.91. The van der Waals surface area contributed by atoms with E-state index in [0.29, 0.717) is 11.4 Å². The fourth-order valence-electron chi connectivity index (χ4n) is 2.54. The molecule has 0 fully saturated rings. The van der Waals surface area contributed by atoms with E-state index in [1.54, 1.807) is 7.05 Å². The second-order valence-electron chi connectivity index (χ2n) is 5.45. The van der Waals surface area contributed by atoms with Gasteiger partial charge >= 0.3 is 6.03 Å². The van der Waals surface area contributed by atoms with Crippen molar-refractivity contribution in [1.82, 2.24) is 10.3 Å². The standard InChI is InChI=1S/C18H17BrN4O/c1-11-9-13-3-6-14(19)10-16(13)17(22-23(11)18(24)21-2)12-4-7-15(20)8-5-12/h3-10H,20H2,1-2H3,(H,21,24). The molecule has 122 valence electrons. The molecule has 1 aliphatic heterocycles. The first-order valence-electron chi connectivity index (χ1n) is 7.44. The molecular formula is C18H17BrN4O. The van der Waals surface area contributed by atoms with E-state index in [2.05, 4.69) is 26.3 Å². The molecule has 0 aliphatic carbocycles. The fraction of sp³-hybridized carbons (Fsp3) is 0.111. The summed E-state index contributed by atoms with van der Waals surface area (Å²) in [5.74, 6) is 0. The summed E-state index contributed by atoms with van der Waals surface area (Å²) in [7, 11) is 1.59. The zero-order valence-corrected chi connectivity index (χ0v) is 15.0. The summed E-state index contributed by atoms with van der Waals surface area (Å²) >= 11 is 3.51. The van der Waals surface area contributed by atoms with Crippen LogP contribution in [0.2, 0.25) is 0 Å². The van der Waals surface area contributed by atoms with Crippen LogP contribution in [0.15, 0.2) is 57.7 Å². The number of nitrogens with two attached hydrogens (primary N) is 1. The number of hydrogen-bond acceptors (Lipinski definition) is 3. The van der Waals surface area contributed by atoms with Crippen LogP contribution in [0.4, 0.5) is 10.5 Å². The van der Waals surface area contributed by atoms with Crippen molar-refractivity contribution in [2.75, 3.05) is 12.8 Å². The molecule has 3 N–H and O–H groups in total. The number of allylic oxidation sites excluding steroid dienone is 1. The first-order valence-corrected chi connectivity index (χ1v) is 8.23. The average Bonchev–Trinajstić information content (AvgIpc) is 2.71. The lowest BCUT2D eigenvalue weighted by molar-refractivity contribution is 0.215. The van der Waals surface area contributed by atoms with Crippen molar-refractivity contribution in [2.45, 2.75) is 6.92 Å². The van der Waals surface area contributed by atoms with Crippen LogP contribution in [-0.2, 0) is 0 Å². The Balaban J connectivity index is 2.24. The lowest BCUT2D eigenvalue weighted by atomic mass is 9.97. The number of rotatable bonds is 1. The van der Waals surface area contributed by atoms with Crippen LogP contribution in [0.5, 0.6) is 0 Å². The van der Waals surface area contributed by atoms with Crippen molar-refractivity contribution >= 4 is 39.4 Å². The number of hydrazone groups is 1. The van der Waals surface area contributed by atoms with Gasteiger partial charge in [0.2, 0.25) is 0 Å². The largest absolute Gasteiger partial charge is 0.399 e. The van der Waals surface area contributed by atoms with Crippen molar-refractivity contribution in [3.8, 4) is 0 Å². The maximum atomic E-state index is 12.2. The molecule has 6 heteroatoms. The van der Waals surface area contributed by atoms with Crippen LogP contribution in [0.25, 0.3) is 6.08 Å². The highest BCUT2D eigenvalue weighted by atomic mass is 79.9. The lowest BCUT2D eigenvalue weighted by Gasteiger charge is -2.17. The minimum absolute atomic E-state index is 0.288. The maximum absolute atomic E-state index is 12.2. The van der Waals surface area contributed by atoms with Crippen molar-refractivity contribution < 1.29 is 4.79 Å². The number of urea groups is 1. The molecule has 0 bridgehead atoms. The molecule has 0 spiro atoms. The van der Waals surface area contributed by atoms with Gasteiger partial charge in [-0.05, 0) is 42.8 Å². The smallest absolute Gasteiger partial charge is 0.342 e. The number of nitrogens with one attached hydrogen (secondary N) is 1. The second kappa shape index (κ2) is 6.49. The number of nitrogens with zero attached hydrogens (tertiary/aromatic N) is 2. The molecule has 2 amide bonds. The molecule has 0 unspecified atom stereocenters. The third kappa shape index (κ3) is 3.05. The van der Waals surface area contributed by atoms with E-state index in [4.69, 9.17) is 5.73 Å². The molecule has 1 heterocycles. The summed E-state index contributed by atoms with van der Waals surface area (Å²) < 4.78 is 0.948. The van der Waals surface area contributed by atoms with Crippen LogP contribution in [-0.4, -0.2) is 23.8 Å². The monoisotopic (exact) mass is 384 g/mol. The van der Waals surface area contributed by atoms with Crippen molar-refractivity contribution in [2.24, 2.45) is 5.10 Å². The lowest BCUT2D eigenvalue weighted by Crippen LogP contribution is -2.33. The van der Waals surface area contributed by atoms with Gasteiger partial charge in [0.1, 0.15) is 0 Å². The molecule has 0 atom stereocenters. The van der Waals surface area contributed by atoms with E-state index in [9.17, 15) is 4.79 Å². The van der Waals surface area contributed by atoms with E-state index in [1.807, 2.05) is 55.5 Å². The number of benzene rings is 2. The number of nitrogen functional groups attached to an aromatic ring is 1. The molecule has 0 saturated carbocycles. The second-order valence-corrected chi connectivity index (χ2v) is 6.37. The SMILES string of the molecule is CNC(=O)N1N=C(c2ccc(N)cc2)c2cc(Br)ccc2C=C1C. The number of hydrogen-bond donors (Lipinski definition) is 2. The molecule has 24 heavy (non-hydrogen) atoms. The zero-order valence-electron chi connectivity index (χ0n) is 13.4. The van der Waals surface area contributed by atoms with E-state index in [-0.39, 0.29) is 6.03 Å². The summed E-state index contributed by atoms with van der Waals surface area (Å²) in [5, 5.41) is 8.61. The third-order valence-corrected chi connectivity index (χ3v) is 4.25. The van der Waals surface area contributed by atoms with Crippen LogP contribution in [0.3, 0.4) is 0 Å². The van der Waals surface area contributed by atoms with E-state index >= 15 is 0 Å². The van der Waals surface area contributed by atoms with Crippen LogP contribution >= 0.6 is 15.9 Å². The van der Waals surface area contributed by atoms with Gasteiger partial charge in [-0.1, -0.05) is 34.1 Å². The highest BCUT2D eigenvalue weighted by Gasteiger charge is 2.21. The Bertz CT molecular complexity index is 856. The molecule has 2 aromatic carbocycles. The summed E-state index contributed by atoms with van der Waals surface area (Å²) in [5.41, 5.74) is 10.8. The quantitative estimate of drug-likeness (QED) is 0.733. The summed E-state index contributed by atoms with van der Waals surface area (Å²) in [6, 6.07) is 13.1. The maximum Gasteiger partial charge on any atom is 0.342 e. The number of carbonyl (C=O) groups is 1. The first-order chi connectivity index (χ1) is 11.5. The number of anilines is 1. The van der Waals surface area contributed by atoms with E-state index in [0.717, 1.165) is 26.9 Å². The normalized spacial score (nSPS) is 13.5. The first kappa shape index (κ1) is 16.3. The zero-order chi connectivity index (χ0) is 17.3. The number of halogens is 1. The Morgan fingerprint density at radius 1 is 1.21 bits per heavy atom.